The smallest absolute Gasteiger partial charge is 0.277 e. The molecule has 0 atom stereocenters. The Morgan fingerprint density at radius 3 is 2.78 bits per heavy atom. The molecule has 1 fully saturated rings. The van der Waals surface area contributed by atoms with E-state index in [1.807, 2.05) is 0 Å². The summed E-state index contributed by atoms with van der Waals surface area (Å²) in [4.78, 5) is 12.4. The van der Waals surface area contributed by atoms with E-state index in [4.69, 9.17) is 0 Å². The van der Waals surface area contributed by atoms with Gasteiger partial charge in [-0.2, -0.15) is 0 Å². The highest BCUT2D eigenvalue weighted by Crippen LogP contribution is 2.19. The number of piperidine rings is 1. The molecule has 9 nitrogen and oxygen atoms in total. The second kappa shape index (κ2) is 8.49. The summed E-state index contributed by atoms with van der Waals surface area (Å²) in [6, 6.07) is 6.81. The number of anilines is 2. The Kier molecular flexibility index (Phi) is 6.07. The maximum atomic E-state index is 12.4. The molecule has 146 valence electrons. The zero-order chi connectivity index (χ0) is 19.3. The summed E-state index contributed by atoms with van der Waals surface area (Å²) in [7, 11) is -3.38. The number of hydrogen-bond donors (Lipinski definition) is 3. The van der Waals surface area contributed by atoms with E-state index >= 15 is 0 Å². The number of amides is 1. The predicted octanol–water partition coefficient (Wildman–Crippen LogP) is 1.61. The minimum Gasteiger partial charge on any atom is -0.320 e. The average molecular weight is 392 g/mol. The molecule has 1 aliphatic heterocycles. The van der Waals surface area contributed by atoms with Gasteiger partial charge in [0.15, 0.2) is 5.69 Å². The molecule has 2 heterocycles. The number of nitrogens with one attached hydrogen (secondary N) is 3. The van der Waals surface area contributed by atoms with E-state index in [9.17, 15) is 13.2 Å². The Bertz CT molecular complexity index is 890. The van der Waals surface area contributed by atoms with Crippen molar-refractivity contribution in [2.24, 2.45) is 0 Å². The van der Waals surface area contributed by atoms with Crippen LogP contribution in [-0.4, -0.2) is 48.2 Å². The predicted molar refractivity (Wildman–Crippen MR) is 103 cm³/mol. The van der Waals surface area contributed by atoms with Crippen molar-refractivity contribution in [2.75, 3.05) is 28.9 Å². The molecule has 1 saturated heterocycles. The molecule has 0 aliphatic carbocycles. The van der Waals surface area contributed by atoms with Crippen LogP contribution in [0.3, 0.4) is 0 Å². The minimum atomic E-state index is -3.38. The monoisotopic (exact) mass is 392 g/mol. The molecule has 0 radical (unpaired) electrons. The van der Waals surface area contributed by atoms with Crippen LogP contribution in [0.4, 0.5) is 11.4 Å². The third-order valence-corrected chi connectivity index (χ3v) is 5.78. The molecular formula is C17H24N6O3S. The highest BCUT2D eigenvalue weighted by atomic mass is 32.2. The van der Waals surface area contributed by atoms with Crippen molar-refractivity contribution in [3.05, 3.63) is 36.2 Å². The van der Waals surface area contributed by atoms with Gasteiger partial charge in [0.2, 0.25) is 10.0 Å². The number of sulfonamides is 1. The van der Waals surface area contributed by atoms with E-state index in [1.165, 1.54) is 0 Å². The summed E-state index contributed by atoms with van der Waals surface area (Å²) in [6.45, 7) is 3.65. The molecule has 3 N–H and O–H groups in total. The molecule has 1 aromatic carbocycles. The highest BCUT2D eigenvalue weighted by molar-refractivity contribution is 7.92. The van der Waals surface area contributed by atoms with Crippen molar-refractivity contribution in [3.8, 4) is 0 Å². The van der Waals surface area contributed by atoms with Crippen LogP contribution in [0.1, 0.15) is 42.7 Å². The second-order valence-corrected chi connectivity index (χ2v) is 8.36. The number of carbonyl (C=O) groups is 1. The average Bonchev–Trinajstić information content (AvgIpc) is 3.12. The van der Waals surface area contributed by atoms with E-state index < -0.39 is 10.0 Å². The van der Waals surface area contributed by atoms with Crippen molar-refractivity contribution in [1.82, 2.24) is 20.3 Å². The number of aromatic nitrogens is 3. The van der Waals surface area contributed by atoms with Crippen LogP contribution in [0, 0.1) is 0 Å². The van der Waals surface area contributed by atoms with E-state index in [0.717, 1.165) is 25.9 Å². The molecule has 1 amide bonds. The molecule has 1 aliphatic rings. The zero-order valence-electron chi connectivity index (χ0n) is 15.2. The van der Waals surface area contributed by atoms with Crippen LogP contribution < -0.4 is 15.4 Å². The maximum Gasteiger partial charge on any atom is 0.277 e. The zero-order valence-corrected chi connectivity index (χ0v) is 16.0. The fourth-order valence-corrected chi connectivity index (χ4v) is 4.11. The van der Waals surface area contributed by atoms with Crippen molar-refractivity contribution in [2.45, 2.75) is 32.2 Å². The van der Waals surface area contributed by atoms with Crippen molar-refractivity contribution in [1.29, 1.82) is 0 Å². The Morgan fingerprint density at radius 2 is 2.04 bits per heavy atom. The fraction of sp³-hybridized carbons (Fsp3) is 0.471. The first-order valence-corrected chi connectivity index (χ1v) is 10.7. The number of nitrogens with zero attached hydrogens (tertiary/aromatic N) is 3. The van der Waals surface area contributed by atoms with Crippen LogP contribution in [0.2, 0.25) is 0 Å². The third kappa shape index (κ3) is 5.27. The van der Waals surface area contributed by atoms with Crippen molar-refractivity contribution < 1.29 is 13.2 Å². The van der Waals surface area contributed by atoms with Crippen molar-refractivity contribution in [3.63, 3.8) is 0 Å². The highest BCUT2D eigenvalue weighted by Gasteiger charge is 2.19. The fourth-order valence-electron chi connectivity index (χ4n) is 2.99. The molecule has 1 aromatic heterocycles. The Hall–Kier alpha value is -2.46. The van der Waals surface area contributed by atoms with Gasteiger partial charge in [0.1, 0.15) is 0 Å². The van der Waals surface area contributed by atoms with Gasteiger partial charge in [-0.25, -0.2) is 13.1 Å². The lowest BCUT2D eigenvalue weighted by Crippen LogP contribution is -2.29. The molecule has 0 bridgehead atoms. The van der Waals surface area contributed by atoms with Gasteiger partial charge >= 0.3 is 0 Å². The van der Waals surface area contributed by atoms with E-state index in [-0.39, 0.29) is 23.4 Å². The molecular weight excluding hydrogens is 368 g/mol. The second-order valence-electron chi connectivity index (χ2n) is 6.52. The van der Waals surface area contributed by atoms with E-state index in [1.54, 1.807) is 42.1 Å². The minimum absolute atomic E-state index is 0.0450. The summed E-state index contributed by atoms with van der Waals surface area (Å²) >= 11 is 0. The third-order valence-electron chi connectivity index (χ3n) is 4.29. The Labute approximate surface area is 158 Å². The molecule has 27 heavy (non-hydrogen) atoms. The van der Waals surface area contributed by atoms with Crippen LogP contribution in [-0.2, 0) is 10.0 Å². The first-order chi connectivity index (χ1) is 13.0. The summed E-state index contributed by atoms with van der Waals surface area (Å²) in [5.74, 6) is -0.340. The number of rotatable bonds is 7. The topological polar surface area (TPSA) is 118 Å². The number of carbonyl (C=O) groups excluding carboxylic acids is 1. The Morgan fingerprint density at radius 1 is 1.30 bits per heavy atom. The Balaban J connectivity index is 1.66. The maximum absolute atomic E-state index is 12.4. The first-order valence-electron chi connectivity index (χ1n) is 9.01. The summed E-state index contributed by atoms with van der Waals surface area (Å²) < 4.78 is 28.0. The number of hydrogen-bond acceptors (Lipinski definition) is 6. The summed E-state index contributed by atoms with van der Waals surface area (Å²) in [6.07, 6.45) is 4.08. The molecule has 0 spiro atoms. The van der Waals surface area contributed by atoms with Crippen LogP contribution in [0.5, 0.6) is 0 Å². The molecule has 3 rings (SSSR count). The van der Waals surface area contributed by atoms with Gasteiger partial charge in [0.25, 0.3) is 5.91 Å². The van der Waals surface area contributed by atoms with Crippen LogP contribution in [0.15, 0.2) is 30.5 Å². The standard InChI is InChI=1S/C17H24N6O3S/c1-2-10-27(25,26)21-14-5-3-4-13(11-14)19-17(24)16-12-23(22-20-16)15-6-8-18-9-7-15/h3-5,11-12,15,18,21H,2,6-10H2,1H3,(H,19,24). The quantitative estimate of drug-likeness (QED) is 0.659. The molecule has 0 saturated carbocycles. The summed E-state index contributed by atoms with van der Waals surface area (Å²) in [5.41, 5.74) is 1.11. The van der Waals surface area contributed by atoms with Crippen LogP contribution >= 0.6 is 0 Å². The van der Waals surface area contributed by atoms with Gasteiger partial charge in [0, 0.05) is 5.69 Å². The van der Waals surface area contributed by atoms with E-state index in [0.29, 0.717) is 17.8 Å². The lowest BCUT2D eigenvalue weighted by Gasteiger charge is -2.22. The number of benzene rings is 1. The van der Waals surface area contributed by atoms with Crippen molar-refractivity contribution >= 4 is 27.3 Å². The molecule has 0 unspecified atom stereocenters. The lowest BCUT2D eigenvalue weighted by atomic mass is 10.1. The normalized spacial score (nSPS) is 15.4. The first kappa shape index (κ1) is 19.3. The van der Waals surface area contributed by atoms with E-state index in [2.05, 4.69) is 25.7 Å². The van der Waals surface area contributed by atoms with Gasteiger partial charge in [0.05, 0.1) is 23.7 Å². The lowest BCUT2D eigenvalue weighted by molar-refractivity contribution is 0.102. The molecule has 10 heteroatoms. The largest absolute Gasteiger partial charge is 0.320 e. The SMILES string of the molecule is CCCS(=O)(=O)Nc1cccc(NC(=O)c2cn(C3CCNCC3)nn2)c1. The summed E-state index contributed by atoms with van der Waals surface area (Å²) in [5, 5.41) is 14.1. The van der Waals surface area contributed by atoms with Gasteiger partial charge in [-0.05, 0) is 50.6 Å². The van der Waals surface area contributed by atoms with Gasteiger partial charge in [-0.3, -0.25) is 9.52 Å². The van der Waals surface area contributed by atoms with Gasteiger partial charge in [-0.1, -0.05) is 18.2 Å². The van der Waals surface area contributed by atoms with Gasteiger partial charge < -0.3 is 10.6 Å². The molecule has 2 aromatic rings. The van der Waals surface area contributed by atoms with Crippen LogP contribution in [0.25, 0.3) is 0 Å². The van der Waals surface area contributed by atoms with Gasteiger partial charge in [-0.15, -0.1) is 5.10 Å².